The van der Waals surface area contributed by atoms with Crippen molar-refractivity contribution in [2.75, 3.05) is 13.1 Å². The molecule has 0 heterocycles. The number of nitrogens with one attached hydrogen (secondary N) is 1. The lowest BCUT2D eigenvalue weighted by Crippen LogP contribution is -2.55. The van der Waals surface area contributed by atoms with Crippen LogP contribution in [0.4, 0.5) is 13.2 Å². The standard InChI is InChI=1S/C18H21F3N2O4/c19-11-3-4-14(15(5-11)27-18(20)21)17(26)22-12-6-13(7-12)23(9-16(24)25)8-10-1-2-10/h3-5,10,12-13,18H,1-2,6-9H2,(H,22,26)(H,24,25). The van der Waals surface area contributed by atoms with E-state index in [0.29, 0.717) is 18.8 Å². The van der Waals surface area contributed by atoms with E-state index in [2.05, 4.69) is 10.1 Å². The van der Waals surface area contributed by atoms with Gasteiger partial charge in [-0.15, -0.1) is 0 Å². The highest BCUT2D eigenvalue weighted by Gasteiger charge is 2.38. The largest absolute Gasteiger partial charge is 0.480 e. The summed E-state index contributed by atoms with van der Waals surface area (Å²) in [6.45, 7) is -2.47. The minimum atomic E-state index is -3.17. The smallest absolute Gasteiger partial charge is 0.387 e. The number of halogens is 3. The lowest BCUT2D eigenvalue weighted by molar-refractivity contribution is -0.139. The molecular formula is C18H21F3N2O4. The highest BCUT2D eigenvalue weighted by atomic mass is 19.3. The second-order valence-electron chi connectivity index (χ2n) is 7.08. The van der Waals surface area contributed by atoms with Gasteiger partial charge in [-0.1, -0.05) is 0 Å². The van der Waals surface area contributed by atoms with Crippen LogP contribution in [0.3, 0.4) is 0 Å². The molecule has 2 aliphatic carbocycles. The number of carboxylic acids is 1. The van der Waals surface area contributed by atoms with E-state index in [4.69, 9.17) is 5.11 Å². The first kappa shape index (κ1) is 19.5. The zero-order chi connectivity index (χ0) is 19.6. The molecule has 0 spiro atoms. The number of ether oxygens (including phenoxy) is 1. The molecule has 0 aliphatic heterocycles. The quantitative estimate of drug-likeness (QED) is 0.682. The molecule has 3 rings (SSSR count). The Balaban J connectivity index is 1.56. The van der Waals surface area contributed by atoms with E-state index < -0.39 is 30.1 Å². The third kappa shape index (κ3) is 5.35. The third-order valence-electron chi connectivity index (χ3n) is 4.90. The Kier molecular flexibility index (Phi) is 5.88. The van der Waals surface area contributed by atoms with Gasteiger partial charge in [0.2, 0.25) is 0 Å². The number of carbonyl (C=O) groups is 2. The van der Waals surface area contributed by atoms with E-state index in [-0.39, 0.29) is 24.2 Å². The maximum Gasteiger partial charge on any atom is 0.387 e. The van der Waals surface area contributed by atoms with Crippen molar-refractivity contribution in [3.05, 3.63) is 29.6 Å². The average molecular weight is 386 g/mol. The van der Waals surface area contributed by atoms with Crippen LogP contribution >= 0.6 is 0 Å². The average Bonchev–Trinajstić information content (AvgIpc) is 3.32. The summed E-state index contributed by atoms with van der Waals surface area (Å²) >= 11 is 0. The van der Waals surface area contributed by atoms with E-state index in [1.54, 1.807) is 0 Å². The molecule has 2 fully saturated rings. The van der Waals surface area contributed by atoms with Gasteiger partial charge in [0.25, 0.3) is 5.91 Å². The molecule has 2 saturated carbocycles. The number of benzene rings is 1. The first-order valence-corrected chi connectivity index (χ1v) is 8.83. The predicted molar refractivity (Wildman–Crippen MR) is 89.2 cm³/mol. The minimum absolute atomic E-state index is 0.0355. The predicted octanol–water partition coefficient (Wildman–Crippen LogP) is 2.48. The number of carbonyl (C=O) groups excluding carboxylic acids is 1. The van der Waals surface area contributed by atoms with Crippen molar-refractivity contribution in [2.45, 2.75) is 44.4 Å². The van der Waals surface area contributed by atoms with Gasteiger partial charge in [0.1, 0.15) is 11.6 Å². The summed E-state index contributed by atoms with van der Waals surface area (Å²) < 4.78 is 42.4. The summed E-state index contributed by atoms with van der Waals surface area (Å²) in [5, 5.41) is 11.8. The summed E-state index contributed by atoms with van der Waals surface area (Å²) in [4.78, 5) is 25.3. The first-order valence-electron chi connectivity index (χ1n) is 8.83. The third-order valence-corrected chi connectivity index (χ3v) is 4.90. The SMILES string of the molecule is O=C(O)CN(CC1CC1)C1CC(NC(=O)c2ccc(F)cc2OC(F)F)C1. The summed E-state index contributed by atoms with van der Waals surface area (Å²) in [7, 11) is 0. The van der Waals surface area contributed by atoms with E-state index in [1.807, 2.05) is 4.90 Å². The van der Waals surface area contributed by atoms with Crippen LogP contribution in [0.25, 0.3) is 0 Å². The van der Waals surface area contributed by atoms with Gasteiger partial charge in [0, 0.05) is 24.7 Å². The van der Waals surface area contributed by atoms with Crippen molar-refractivity contribution >= 4 is 11.9 Å². The first-order chi connectivity index (χ1) is 12.8. The van der Waals surface area contributed by atoms with Crippen molar-refractivity contribution in [3.8, 4) is 5.75 Å². The molecule has 27 heavy (non-hydrogen) atoms. The molecule has 1 aromatic rings. The maximum absolute atomic E-state index is 13.2. The number of hydrogen-bond acceptors (Lipinski definition) is 4. The molecule has 0 bridgehead atoms. The number of alkyl halides is 2. The van der Waals surface area contributed by atoms with Crippen molar-refractivity contribution in [1.82, 2.24) is 10.2 Å². The molecule has 0 radical (unpaired) electrons. The Morgan fingerprint density at radius 1 is 1.30 bits per heavy atom. The Hall–Kier alpha value is -2.29. The summed E-state index contributed by atoms with van der Waals surface area (Å²) in [6.07, 6.45) is 3.39. The van der Waals surface area contributed by atoms with E-state index in [9.17, 15) is 22.8 Å². The molecule has 148 valence electrons. The molecule has 0 saturated heterocycles. The van der Waals surface area contributed by atoms with Crippen molar-refractivity contribution in [2.24, 2.45) is 5.92 Å². The monoisotopic (exact) mass is 386 g/mol. The Morgan fingerprint density at radius 2 is 2.00 bits per heavy atom. The molecular weight excluding hydrogens is 365 g/mol. The van der Waals surface area contributed by atoms with Gasteiger partial charge in [-0.05, 0) is 43.7 Å². The molecule has 1 amide bonds. The Morgan fingerprint density at radius 3 is 2.59 bits per heavy atom. The molecule has 1 aromatic carbocycles. The van der Waals surface area contributed by atoms with Gasteiger partial charge in [-0.2, -0.15) is 8.78 Å². The maximum atomic E-state index is 13.2. The summed E-state index contributed by atoms with van der Waals surface area (Å²) in [5.41, 5.74) is -0.166. The highest BCUT2D eigenvalue weighted by molar-refractivity contribution is 5.97. The fourth-order valence-corrected chi connectivity index (χ4v) is 3.29. The topological polar surface area (TPSA) is 78.9 Å². The van der Waals surface area contributed by atoms with E-state index in [1.165, 1.54) is 0 Å². The van der Waals surface area contributed by atoms with Crippen molar-refractivity contribution < 1.29 is 32.6 Å². The number of amides is 1. The molecule has 2 N–H and O–H groups in total. The van der Waals surface area contributed by atoms with Crippen LogP contribution in [0.5, 0.6) is 5.75 Å². The molecule has 0 unspecified atom stereocenters. The van der Waals surface area contributed by atoms with Crippen LogP contribution in [0.15, 0.2) is 18.2 Å². The number of aliphatic carboxylic acids is 1. The van der Waals surface area contributed by atoms with Crippen LogP contribution in [0.2, 0.25) is 0 Å². The van der Waals surface area contributed by atoms with Crippen LogP contribution in [0.1, 0.15) is 36.0 Å². The lowest BCUT2D eigenvalue weighted by atomic mass is 9.85. The van der Waals surface area contributed by atoms with Crippen LogP contribution < -0.4 is 10.1 Å². The van der Waals surface area contributed by atoms with Crippen LogP contribution in [0, 0.1) is 11.7 Å². The van der Waals surface area contributed by atoms with Gasteiger partial charge in [-0.3, -0.25) is 14.5 Å². The van der Waals surface area contributed by atoms with Gasteiger partial charge in [-0.25, -0.2) is 4.39 Å². The molecule has 0 aromatic heterocycles. The van der Waals surface area contributed by atoms with E-state index >= 15 is 0 Å². The molecule has 6 nitrogen and oxygen atoms in total. The van der Waals surface area contributed by atoms with Gasteiger partial charge in [0.05, 0.1) is 12.1 Å². The Labute approximate surface area is 154 Å². The number of hydrogen-bond donors (Lipinski definition) is 2. The zero-order valence-electron chi connectivity index (χ0n) is 14.5. The van der Waals surface area contributed by atoms with E-state index in [0.717, 1.165) is 37.6 Å². The van der Waals surface area contributed by atoms with Gasteiger partial charge >= 0.3 is 12.6 Å². The molecule has 0 atom stereocenters. The number of nitrogens with zero attached hydrogens (tertiary/aromatic N) is 1. The second-order valence-corrected chi connectivity index (χ2v) is 7.08. The fourth-order valence-electron chi connectivity index (χ4n) is 3.29. The minimum Gasteiger partial charge on any atom is -0.480 e. The summed E-state index contributed by atoms with van der Waals surface area (Å²) in [6, 6.07) is 2.72. The number of carboxylic acid groups (broad SMARTS) is 1. The van der Waals surface area contributed by atoms with Crippen LogP contribution in [-0.2, 0) is 4.79 Å². The highest BCUT2D eigenvalue weighted by Crippen LogP contribution is 2.34. The second kappa shape index (κ2) is 8.16. The summed E-state index contributed by atoms with van der Waals surface area (Å²) in [5.74, 6) is -2.26. The van der Waals surface area contributed by atoms with Crippen molar-refractivity contribution in [3.63, 3.8) is 0 Å². The fraction of sp³-hybridized carbons (Fsp3) is 0.556. The number of rotatable bonds is 9. The Bertz CT molecular complexity index is 706. The van der Waals surface area contributed by atoms with Crippen molar-refractivity contribution in [1.29, 1.82) is 0 Å². The lowest BCUT2D eigenvalue weighted by Gasteiger charge is -2.42. The zero-order valence-corrected chi connectivity index (χ0v) is 14.5. The molecule has 2 aliphatic rings. The molecule has 9 heteroatoms. The normalized spacial score (nSPS) is 21.8. The van der Waals surface area contributed by atoms with Gasteiger partial charge in [0.15, 0.2) is 0 Å². The van der Waals surface area contributed by atoms with Crippen LogP contribution in [-0.4, -0.2) is 53.7 Å². The van der Waals surface area contributed by atoms with Gasteiger partial charge < -0.3 is 15.2 Å².